The molecule has 24 heavy (non-hydrogen) atoms. The van der Waals surface area contributed by atoms with E-state index < -0.39 is 73.2 Å². The Morgan fingerprint density at radius 3 is 0.250 bits per heavy atom. The number of rotatable bonds is 0. The van der Waals surface area contributed by atoms with Crippen LogP contribution in [0, 0.1) is 0 Å². The molecule has 0 aliphatic heterocycles. The Labute approximate surface area is 135 Å². The lowest BCUT2D eigenvalue weighted by Crippen LogP contribution is -2.63. The van der Waals surface area contributed by atoms with Gasteiger partial charge in [0.15, 0.2) is 0 Å². The van der Waals surface area contributed by atoms with Gasteiger partial charge in [0.25, 0.3) is 0 Å². The monoisotopic (exact) mass is 360 g/mol. The van der Waals surface area contributed by atoms with Gasteiger partial charge in [0.05, 0.1) is 0 Å². The maximum atomic E-state index is 8.97. The number of aliphatic hydroxyl groups excluding tert-OH is 12. The number of hydrogen-bond donors (Lipinski definition) is 12. The van der Waals surface area contributed by atoms with Crippen molar-refractivity contribution in [1.82, 2.24) is 0 Å². The normalized spacial score (nSPS) is 55.5. The van der Waals surface area contributed by atoms with Crippen LogP contribution in [-0.2, 0) is 0 Å². The standard InChI is InChI=1S/2C6H12O6/c2*7-1-2(8)4(10)6(12)5(11)3(1)9/h2*1-12H/t1-,2+,3-,4+,5-,6+;1-,2-,3-,4+,5-,6+. The maximum absolute atomic E-state index is 8.97. The van der Waals surface area contributed by atoms with E-state index in [1.165, 1.54) is 0 Å². The van der Waals surface area contributed by atoms with Gasteiger partial charge >= 0.3 is 0 Å². The average molecular weight is 360 g/mol. The highest BCUT2D eigenvalue weighted by atomic mass is 16.4. The minimum atomic E-state index is -1.64. The zero-order valence-corrected chi connectivity index (χ0v) is 12.3. The van der Waals surface area contributed by atoms with Crippen LogP contribution in [0.5, 0.6) is 0 Å². The van der Waals surface area contributed by atoms with Crippen molar-refractivity contribution in [3.05, 3.63) is 0 Å². The fourth-order valence-corrected chi connectivity index (χ4v) is 2.42. The molecule has 12 nitrogen and oxygen atoms in total. The summed E-state index contributed by atoms with van der Waals surface area (Å²) in [5.74, 6) is 0. The first kappa shape index (κ1) is 21.6. The van der Waals surface area contributed by atoms with Crippen LogP contribution < -0.4 is 0 Å². The van der Waals surface area contributed by atoms with Gasteiger partial charge in [0.2, 0.25) is 0 Å². The molecule has 0 atom stereocenters. The van der Waals surface area contributed by atoms with Gasteiger partial charge in [-0.15, -0.1) is 0 Å². The van der Waals surface area contributed by atoms with Crippen molar-refractivity contribution in [3.8, 4) is 0 Å². The first-order valence-electron chi connectivity index (χ1n) is 7.10. The molecule has 12 N–H and O–H groups in total. The minimum absolute atomic E-state index is 1.64. The Morgan fingerprint density at radius 2 is 0.208 bits per heavy atom. The third kappa shape index (κ3) is 4.01. The van der Waals surface area contributed by atoms with Crippen LogP contribution in [0.2, 0.25) is 0 Å². The fourth-order valence-electron chi connectivity index (χ4n) is 2.42. The van der Waals surface area contributed by atoms with Crippen LogP contribution >= 0.6 is 0 Å². The highest BCUT2D eigenvalue weighted by Crippen LogP contribution is 2.21. The molecular weight excluding hydrogens is 336 g/mol. The van der Waals surface area contributed by atoms with E-state index in [-0.39, 0.29) is 0 Å². The second-order valence-electron chi connectivity index (χ2n) is 5.89. The molecule has 0 aromatic heterocycles. The SMILES string of the molecule is O[C@H]1[C@@H](O)[C@@H](O)[C@@H](O)[C@@H](O)[C@@H]1O.O[C@H]1[C@@H](O)[C@@H](O)[C@@H](O)[C@@H](O)[C@H]1O. The Hall–Kier alpha value is -0.480. The summed E-state index contributed by atoms with van der Waals surface area (Å²) >= 11 is 0. The Bertz CT molecular complexity index is 243. The molecule has 0 radical (unpaired) electrons. The van der Waals surface area contributed by atoms with Gasteiger partial charge in [-0.2, -0.15) is 0 Å². The van der Waals surface area contributed by atoms with Gasteiger partial charge in [-0.1, -0.05) is 0 Å². The molecule has 0 bridgehead atoms. The lowest BCUT2D eigenvalue weighted by Gasteiger charge is -2.39. The van der Waals surface area contributed by atoms with Gasteiger partial charge in [0, 0.05) is 0 Å². The zero-order chi connectivity index (χ0) is 18.9. The van der Waals surface area contributed by atoms with E-state index in [1.54, 1.807) is 0 Å². The summed E-state index contributed by atoms with van der Waals surface area (Å²) in [5.41, 5.74) is 0. The molecule has 2 aliphatic rings. The van der Waals surface area contributed by atoms with Crippen molar-refractivity contribution >= 4 is 0 Å². The number of hydrogen-bond acceptors (Lipinski definition) is 12. The molecule has 12 heteroatoms. The Balaban J connectivity index is 0.000000240. The second-order valence-corrected chi connectivity index (χ2v) is 5.89. The molecule has 2 aliphatic carbocycles. The van der Waals surface area contributed by atoms with Crippen molar-refractivity contribution in [2.24, 2.45) is 0 Å². The van der Waals surface area contributed by atoms with E-state index in [4.69, 9.17) is 61.3 Å². The summed E-state index contributed by atoms with van der Waals surface area (Å²) in [6.45, 7) is 0. The van der Waals surface area contributed by atoms with Gasteiger partial charge in [-0.3, -0.25) is 0 Å². The van der Waals surface area contributed by atoms with Crippen LogP contribution in [0.15, 0.2) is 0 Å². The molecule has 0 saturated heterocycles. The molecule has 2 fully saturated rings. The topological polar surface area (TPSA) is 243 Å². The van der Waals surface area contributed by atoms with E-state index in [0.29, 0.717) is 0 Å². The van der Waals surface area contributed by atoms with Crippen molar-refractivity contribution in [2.75, 3.05) is 0 Å². The summed E-state index contributed by atoms with van der Waals surface area (Å²) < 4.78 is 0. The van der Waals surface area contributed by atoms with Crippen molar-refractivity contribution in [3.63, 3.8) is 0 Å². The Kier molecular flexibility index (Phi) is 7.43. The fraction of sp³-hybridized carbons (Fsp3) is 1.00. The predicted molar refractivity (Wildman–Crippen MR) is 72.1 cm³/mol. The van der Waals surface area contributed by atoms with E-state index in [9.17, 15) is 0 Å². The van der Waals surface area contributed by atoms with Gasteiger partial charge in [-0.25, -0.2) is 0 Å². The lowest BCUT2D eigenvalue weighted by molar-refractivity contribution is -0.223. The third-order valence-electron chi connectivity index (χ3n) is 4.20. The zero-order valence-electron chi connectivity index (χ0n) is 12.3. The summed E-state index contributed by atoms with van der Waals surface area (Å²) in [7, 11) is 0. The maximum Gasteiger partial charge on any atom is 0.111 e. The van der Waals surface area contributed by atoms with E-state index in [2.05, 4.69) is 0 Å². The summed E-state index contributed by atoms with van der Waals surface area (Å²) in [6.07, 6.45) is -19.7. The smallest absolute Gasteiger partial charge is 0.111 e. The van der Waals surface area contributed by atoms with Crippen molar-refractivity contribution in [2.45, 2.75) is 73.2 Å². The van der Waals surface area contributed by atoms with Crippen LogP contribution in [0.25, 0.3) is 0 Å². The lowest BCUT2D eigenvalue weighted by atomic mass is 9.85. The summed E-state index contributed by atoms with van der Waals surface area (Å²) in [6, 6.07) is 0. The molecule has 0 unspecified atom stereocenters. The second kappa shape index (κ2) is 8.27. The highest BCUT2D eigenvalue weighted by molar-refractivity contribution is 4.99. The van der Waals surface area contributed by atoms with Gasteiger partial charge in [-0.05, 0) is 0 Å². The van der Waals surface area contributed by atoms with E-state index >= 15 is 0 Å². The Morgan fingerprint density at radius 1 is 0.167 bits per heavy atom. The van der Waals surface area contributed by atoms with Gasteiger partial charge in [0.1, 0.15) is 73.2 Å². The summed E-state index contributed by atoms with van der Waals surface area (Å²) in [4.78, 5) is 0. The van der Waals surface area contributed by atoms with Crippen LogP contribution in [-0.4, -0.2) is 135 Å². The van der Waals surface area contributed by atoms with Crippen LogP contribution in [0.3, 0.4) is 0 Å². The van der Waals surface area contributed by atoms with Crippen molar-refractivity contribution < 1.29 is 61.3 Å². The largest absolute Gasteiger partial charge is 0.387 e. The first-order valence-corrected chi connectivity index (χ1v) is 7.10. The minimum Gasteiger partial charge on any atom is -0.387 e. The van der Waals surface area contributed by atoms with Gasteiger partial charge < -0.3 is 61.3 Å². The molecule has 0 heterocycles. The number of aliphatic hydroxyl groups is 12. The molecule has 0 spiro atoms. The highest BCUT2D eigenvalue weighted by Gasteiger charge is 2.48. The third-order valence-corrected chi connectivity index (χ3v) is 4.20. The average Bonchev–Trinajstić information content (AvgIpc) is 2.58. The molecule has 0 amide bonds. The first-order chi connectivity index (χ1) is 10.9. The summed E-state index contributed by atoms with van der Waals surface area (Å²) in [5, 5.41) is 108. The molecule has 0 aromatic rings. The predicted octanol–water partition coefficient (Wildman–Crippen LogP) is -7.67. The molecule has 0 aromatic carbocycles. The van der Waals surface area contributed by atoms with Crippen molar-refractivity contribution in [1.29, 1.82) is 0 Å². The quantitative estimate of drug-likeness (QED) is 0.193. The van der Waals surface area contributed by atoms with Crippen LogP contribution in [0.1, 0.15) is 0 Å². The molecular formula is C12H24O12. The molecule has 2 rings (SSSR count). The van der Waals surface area contributed by atoms with E-state index in [1.807, 2.05) is 0 Å². The molecule has 144 valence electrons. The molecule has 2 saturated carbocycles. The van der Waals surface area contributed by atoms with Crippen LogP contribution in [0.4, 0.5) is 0 Å². The van der Waals surface area contributed by atoms with E-state index in [0.717, 1.165) is 0 Å².